The van der Waals surface area contributed by atoms with Gasteiger partial charge in [0.25, 0.3) is 0 Å². The first-order valence-electron chi connectivity index (χ1n) is 9.02. The molecule has 0 amide bonds. The van der Waals surface area contributed by atoms with Crippen molar-refractivity contribution in [1.82, 2.24) is 10.6 Å². The minimum atomic E-state index is -0.100. The fourth-order valence-corrected chi connectivity index (χ4v) is 3.53. The zero-order valence-electron chi connectivity index (χ0n) is 14.5. The van der Waals surface area contributed by atoms with Crippen LogP contribution in [0.3, 0.4) is 0 Å². The number of hydrogen-bond acceptors (Lipinski definition) is 6. The summed E-state index contributed by atoms with van der Waals surface area (Å²) in [6.07, 6.45) is 0. The van der Waals surface area contributed by atoms with E-state index in [0.717, 1.165) is 37.6 Å². The Kier molecular flexibility index (Phi) is 4.69. The molecule has 1 aliphatic carbocycles. The maximum atomic E-state index is 13.3. The second kappa shape index (κ2) is 7.27. The average Bonchev–Trinajstić information content (AvgIpc) is 2.67. The lowest BCUT2D eigenvalue weighted by molar-refractivity contribution is 0.0980. The molecule has 2 aliphatic rings. The zero-order chi connectivity index (χ0) is 17.9. The number of benzene rings is 2. The molecular formula is C20H22N4O2. The van der Waals surface area contributed by atoms with Crippen molar-refractivity contribution in [3.63, 3.8) is 0 Å². The molecular weight excluding hydrogens is 328 g/mol. The van der Waals surface area contributed by atoms with Crippen LogP contribution in [0, 0.1) is 0 Å². The van der Waals surface area contributed by atoms with Gasteiger partial charge >= 0.3 is 0 Å². The predicted octanol–water partition coefficient (Wildman–Crippen LogP) is 1.48. The minimum Gasteiger partial charge on any atom is -0.383 e. The van der Waals surface area contributed by atoms with E-state index in [-0.39, 0.29) is 11.6 Å². The normalized spacial score (nSPS) is 17.5. The molecule has 0 fully saturated rings. The highest BCUT2D eigenvalue weighted by molar-refractivity contribution is 6.31. The van der Waals surface area contributed by atoms with Crippen molar-refractivity contribution in [3.8, 4) is 0 Å². The molecule has 0 saturated heterocycles. The summed E-state index contributed by atoms with van der Waals surface area (Å²) in [5.41, 5.74) is 3.35. The van der Waals surface area contributed by atoms with Crippen molar-refractivity contribution in [2.24, 2.45) is 0 Å². The van der Waals surface area contributed by atoms with Gasteiger partial charge in [-0.3, -0.25) is 9.59 Å². The van der Waals surface area contributed by atoms with Gasteiger partial charge in [-0.1, -0.05) is 24.3 Å². The highest BCUT2D eigenvalue weighted by Crippen LogP contribution is 2.35. The van der Waals surface area contributed by atoms with Gasteiger partial charge in [0.2, 0.25) is 0 Å². The Balaban J connectivity index is 1.81. The van der Waals surface area contributed by atoms with Crippen LogP contribution in [0.4, 0.5) is 11.4 Å². The predicted molar refractivity (Wildman–Crippen MR) is 102 cm³/mol. The van der Waals surface area contributed by atoms with E-state index in [1.165, 1.54) is 0 Å². The third kappa shape index (κ3) is 2.98. The molecule has 0 saturated carbocycles. The summed E-state index contributed by atoms with van der Waals surface area (Å²) in [6.45, 7) is 4.70. The maximum absolute atomic E-state index is 13.3. The monoisotopic (exact) mass is 350 g/mol. The molecule has 1 heterocycles. The third-order valence-electron chi connectivity index (χ3n) is 4.79. The van der Waals surface area contributed by atoms with Crippen LogP contribution >= 0.6 is 0 Å². The fraction of sp³-hybridized carbons (Fsp3) is 0.300. The molecule has 6 nitrogen and oxygen atoms in total. The topological polar surface area (TPSA) is 82.3 Å². The van der Waals surface area contributed by atoms with Crippen molar-refractivity contribution >= 4 is 22.9 Å². The first kappa shape index (κ1) is 16.8. The zero-order valence-corrected chi connectivity index (χ0v) is 14.5. The van der Waals surface area contributed by atoms with Gasteiger partial charge in [0.1, 0.15) is 0 Å². The van der Waals surface area contributed by atoms with Crippen molar-refractivity contribution in [2.75, 3.05) is 49.9 Å². The Hall–Kier alpha value is -2.70. The quantitative estimate of drug-likeness (QED) is 0.492. The Morgan fingerprint density at radius 2 is 1.04 bits per heavy atom. The van der Waals surface area contributed by atoms with E-state index in [1.54, 1.807) is 12.1 Å². The number of ketones is 2. The van der Waals surface area contributed by atoms with Crippen molar-refractivity contribution in [2.45, 2.75) is 0 Å². The molecule has 0 aromatic heterocycles. The molecule has 0 unspecified atom stereocenters. The van der Waals surface area contributed by atoms with Crippen LogP contribution in [-0.4, -0.2) is 50.8 Å². The van der Waals surface area contributed by atoms with Crippen LogP contribution in [0.15, 0.2) is 36.4 Å². The van der Waals surface area contributed by atoms with E-state index >= 15 is 0 Å². The molecule has 0 radical (unpaired) electrons. The molecule has 26 heavy (non-hydrogen) atoms. The summed E-state index contributed by atoms with van der Waals surface area (Å²) in [4.78, 5) is 26.3. The van der Waals surface area contributed by atoms with E-state index in [9.17, 15) is 9.59 Å². The van der Waals surface area contributed by atoms with Gasteiger partial charge in [0, 0.05) is 61.8 Å². The van der Waals surface area contributed by atoms with E-state index in [4.69, 9.17) is 0 Å². The molecule has 6 heteroatoms. The second-order valence-electron chi connectivity index (χ2n) is 6.47. The molecule has 4 rings (SSSR count). The Labute approximate surface area is 152 Å². The summed E-state index contributed by atoms with van der Waals surface area (Å²) in [5.74, 6) is -0.195. The van der Waals surface area contributed by atoms with E-state index in [2.05, 4.69) is 21.3 Å². The molecule has 0 atom stereocenters. The summed E-state index contributed by atoms with van der Waals surface area (Å²) in [6, 6.07) is 10.9. The Morgan fingerprint density at radius 3 is 1.54 bits per heavy atom. The largest absolute Gasteiger partial charge is 0.383 e. The summed E-state index contributed by atoms with van der Waals surface area (Å²) in [7, 11) is 0. The van der Waals surface area contributed by atoms with Crippen LogP contribution in [0.5, 0.6) is 0 Å². The minimum absolute atomic E-state index is 0.0949. The first-order valence-corrected chi connectivity index (χ1v) is 9.02. The standard InChI is InChI=1S/C20H22N4O2/c25-19-13-3-1-5-15-17(13)20(26)18-14(19)4-2-6-16(18)24-12-10-22-8-7-21-9-11-23-15/h1-6,21-24H,7-12H2. The van der Waals surface area contributed by atoms with Gasteiger partial charge in [0.05, 0.1) is 11.1 Å². The van der Waals surface area contributed by atoms with Crippen LogP contribution in [0.25, 0.3) is 0 Å². The number of nitrogens with one attached hydrogen (secondary N) is 4. The third-order valence-corrected chi connectivity index (χ3v) is 4.79. The summed E-state index contributed by atoms with van der Waals surface area (Å²) >= 11 is 0. The second-order valence-corrected chi connectivity index (χ2v) is 6.47. The van der Waals surface area contributed by atoms with Crippen LogP contribution < -0.4 is 21.3 Å². The number of hydrogen-bond donors (Lipinski definition) is 4. The van der Waals surface area contributed by atoms with Gasteiger partial charge in [-0.2, -0.15) is 0 Å². The van der Waals surface area contributed by atoms with Crippen molar-refractivity contribution < 1.29 is 9.59 Å². The molecule has 0 spiro atoms. The van der Waals surface area contributed by atoms with Gasteiger partial charge in [-0.25, -0.2) is 0 Å². The van der Waals surface area contributed by atoms with Crippen molar-refractivity contribution in [1.29, 1.82) is 0 Å². The molecule has 134 valence electrons. The smallest absolute Gasteiger partial charge is 0.198 e. The lowest BCUT2D eigenvalue weighted by Gasteiger charge is -2.23. The SMILES string of the molecule is O=C1c2cccc3c2C(=O)c2c(cccc21)NCCNCCNCCN3. The number of carbonyl (C=O) groups excluding carboxylic acids is 2. The number of carbonyl (C=O) groups is 2. The molecule has 2 aromatic rings. The summed E-state index contributed by atoms with van der Waals surface area (Å²) in [5, 5.41) is 13.3. The van der Waals surface area contributed by atoms with E-state index in [1.807, 2.05) is 24.3 Å². The van der Waals surface area contributed by atoms with Crippen molar-refractivity contribution in [3.05, 3.63) is 58.7 Å². The van der Waals surface area contributed by atoms with Gasteiger partial charge in [-0.15, -0.1) is 0 Å². The lowest BCUT2D eigenvalue weighted by atomic mass is 9.82. The molecule has 2 bridgehead atoms. The van der Waals surface area contributed by atoms with Crippen LogP contribution in [0.2, 0.25) is 0 Å². The van der Waals surface area contributed by atoms with E-state index < -0.39 is 0 Å². The Morgan fingerprint density at radius 1 is 0.577 bits per heavy atom. The first-order chi connectivity index (χ1) is 12.8. The van der Waals surface area contributed by atoms with Gasteiger partial charge in [0.15, 0.2) is 11.6 Å². The lowest BCUT2D eigenvalue weighted by Crippen LogP contribution is -2.32. The van der Waals surface area contributed by atoms with E-state index in [0.29, 0.717) is 35.3 Å². The molecule has 2 aromatic carbocycles. The van der Waals surface area contributed by atoms with Gasteiger partial charge in [-0.05, 0) is 12.1 Å². The van der Waals surface area contributed by atoms with Crippen LogP contribution in [0.1, 0.15) is 31.8 Å². The highest BCUT2D eigenvalue weighted by Gasteiger charge is 2.33. The number of rotatable bonds is 0. The molecule has 4 N–H and O–H groups in total. The maximum Gasteiger partial charge on any atom is 0.198 e. The molecule has 1 aliphatic heterocycles. The average molecular weight is 350 g/mol. The Bertz CT molecular complexity index is 795. The highest BCUT2D eigenvalue weighted by atomic mass is 16.1. The van der Waals surface area contributed by atoms with Gasteiger partial charge < -0.3 is 21.3 Å². The van der Waals surface area contributed by atoms with Crippen LogP contribution in [-0.2, 0) is 0 Å². The fourth-order valence-electron chi connectivity index (χ4n) is 3.53. The number of anilines is 2. The summed E-state index contributed by atoms with van der Waals surface area (Å²) < 4.78 is 0.